The third kappa shape index (κ3) is 3.13. The first-order chi connectivity index (χ1) is 12.6. The number of carbonyl (C=O) groups is 2. The highest BCUT2D eigenvalue weighted by molar-refractivity contribution is 7.12. The van der Waals surface area contributed by atoms with Crippen LogP contribution >= 0.6 is 11.3 Å². The molecule has 2 amide bonds. The Labute approximate surface area is 156 Å². The molecule has 4 rings (SSSR count). The number of nitrogens with one attached hydrogen (secondary N) is 1. The molecule has 1 aliphatic carbocycles. The van der Waals surface area contributed by atoms with Crippen LogP contribution < -0.4 is 5.32 Å². The third-order valence-corrected chi connectivity index (χ3v) is 5.40. The van der Waals surface area contributed by atoms with Gasteiger partial charge in [0.1, 0.15) is 0 Å². The summed E-state index contributed by atoms with van der Waals surface area (Å²) in [7, 11) is 1.64. The van der Waals surface area contributed by atoms with Gasteiger partial charge in [0.05, 0.1) is 11.4 Å². The summed E-state index contributed by atoms with van der Waals surface area (Å²) in [4.78, 5) is 26.6. The molecule has 0 saturated heterocycles. The Hall–Kier alpha value is -2.92. The summed E-state index contributed by atoms with van der Waals surface area (Å²) < 4.78 is 0. The van der Waals surface area contributed by atoms with Crippen LogP contribution in [0.25, 0.3) is 11.1 Å². The number of hydrogen-bond acceptors (Lipinski definition) is 3. The Morgan fingerprint density at radius 1 is 1.04 bits per heavy atom. The molecule has 0 radical (unpaired) electrons. The summed E-state index contributed by atoms with van der Waals surface area (Å²) in [5.41, 5.74) is 5.73. The van der Waals surface area contributed by atoms with Crippen LogP contribution in [0.1, 0.15) is 20.8 Å². The van der Waals surface area contributed by atoms with E-state index in [4.69, 9.17) is 0 Å². The molecule has 0 saturated carbocycles. The lowest BCUT2D eigenvalue weighted by atomic mass is 10.1. The van der Waals surface area contributed by atoms with E-state index < -0.39 is 0 Å². The van der Waals surface area contributed by atoms with Gasteiger partial charge in [-0.25, -0.2) is 0 Å². The highest BCUT2D eigenvalue weighted by atomic mass is 32.1. The third-order valence-electron chi connectivity index (χ3n) is 4.54. The van der Waals surface area contributed by atoms with Gasteiger partial charge < -0.3 is 10.2 Å². The fourth-order valence-corrected chi connectivity index (χ4v) is 4.00. The molecule has 0 aliphatic heterocycles. The van der Waals surface area contributed by atoms with Crippen molar-refractivity contribution in [2.45, 2.75) is 6.42 Å². The smallest absolute Gasteiger partial charge is 0.264 e. The highest BCUT2D eigenvalue weighted by Crippen LogP contribution is 2.37. The van der Waals surface area contributed by atoms with Crippen molar-refractivity contribution in [1.82, 2.24) is 4.90 Å². The first-order valence-electron chi connectivity index (χ1n) is 8.42. The molecule has 0 unspecified atom stereocenters. The fourth-order valence-electron chi connectivity index (χ4n) is 3.28. The van der Waals surface area contributed by atoms with Crippen LogP contribution in [0.3, 0.4) is 0 Å². The number of anilines is 1. The number of likely N-dealkylation sites (N-methyl/N-ethyl adjacent to an activating group) is 1. The van der Waals surface area contributed by atoms with Crippen molar-refractivity contribution < 1.29 is 9.59 Å². The van der Waals surface area contributed by atoms with Crippen LogP contribution in [0.2, 0.25) is 0 Å². The zero-order chi connectivity index (χ0) is 18.1. The molecule has 1 heterocycles. The van der Waals surface area contributed by atoms with Crippen molar-refractivity contribution >= 4 is 28.8 Å². The van der Waals surface area contributed by atoms with Gasteiger partial charge in [0.2, 0.25) is 5.91 Å². The van der Waals surface area contributed by atoms with E-state index in [1.807, 2.05) is 35.7 Å². The predicted molar refractivity (Wildman–Crippen MR) is 105 cm³/mol. The molecule has 2 aromatic carbocycles. The quantitative estimate of drug-likeness (QED) is 0.596. The molecule has 4 nitrogen and oxygen atoms in total. The normalized spacial score (nSPS) is 11.6. The van der Waals surface area contributed by atoms with Crippen LogP contribution in [-0.2, 0) is 11.2 Å². The number of rotatable bonds is 4. The van der Waals surface area contributed by atoms with E-state index >= 15 is 0 Å². The van der Waals surface area contributed by atoms with E-state index in [2.05, 4.69) is 23.5 Å². The Balaban J connectivity index is 1.45. The summed E-state index contributed by atoms with van der Waals surface area (Å²) in [5, 5.41) is 4.75. The molecule has 1 N–H and O–H groups in total. The minimum Gasteiger partial charge on any atom is -0.332 e. The van der Waals surface area contributed by atoms with Gasteiger partial charge in [-0.1, -0.05) is 36.4 Å². The zero-order valence-electron chi connectivity index (χ0n) is 14.4. The molecular formula is C21H18N2O2S. The van der Waals surface area contributed by atoms with Crippen LogP contribution in [-0.4, -0.2) is 30.3 Å². The summed E-state index contributed by atoms with van der Waals surface area (Å²) >= 11 is 1.37. The van der Waals surface area contributed by atoms with Gasteiger partial charge in [-0.05, 0) is 52.3 Å². The number of benzene rings is 2. The van der Waals surface area contributed by atoms with Gasteiger partial charge in [-0.3, -0.25) is 9.59 Å². The Morgan fingerprint density at radius 3 is 2.65 bits per heavy atom. The van der Waals surface area contributed by atoms with Crippen molar-refractivity contribution in [1.29, 1.82) is 0 Å². The van der Waals surface area contributed by atoms with Gasteiger partial charge in [0.15, 0.2) is 0 Å². The second-order valence-electron chi connectivity index (χ2n) is 6.39. The lowest BCUT2D eigenvalue weighted by Gasteiger charge is -2.16. The molecule has 26 heavy (non-hydrogen) atoms. The van der Waals surface area contributed by atoms with Gasteiger partial charge in [0.25, 0.3) is 5.91 Å². The summed E-state index contributed by atoms with van der Waals surface area (Å²) in [6.45, 7) is 0.0183. The van der Waals surface area contributed by atoms with Crippen LogP contribution in [0.15, 0.2) is 60.0 Å². The lowest BCUT2D eigenvalue weighted by Crippen LogP contribution is -2.34. The summed E-state index contributed by atoms with van der Waals surface area (Å²) in [6.07, 6.45) is 0.928. The zero-order valence-corrected chi connectivity index (χ0v) is 15.2. The van der Waals surface area contributed by atoms with Crippen molar-refractivity contribution in [3.8, 4) is 11.1 Å². The number of nitrogens with zero attached hydrogens (tertiary/aromatic N) is 1. The topological polar surface area (TPSA) is 49.4 Å². The first-order valence-corrected chi connectivity index (χ1v) is 9.30. The largest absolute Gasteiger partial charge is 0.332 e. The van der Waals surface area contributed by atoms with Crippen LogP contribution in [0.4, 0.5) is 5.69 Å². The van der Waals surface area contributed by atoms with E-state index in [1.165, 1.54) is 38.5 Å². The molecule has 130 valence electrons. The maximum absolute atomic E-state index is 12.3. The minimum atomic E-state index is -0.205. The molecule has 1 aromatic heterocycles. The average Bonchev–Trinajstić information content (AvgIpc) is 3.28. The monoisotopic (exact) mass is 362 g/mol. The standard InChI is InChI=1S/C21H18N2O2S/c1-23(21(25)19-7-4-10-26-19)13-20(24)22-16-9-8-15-11-14-5-2-3-6-17(14)18(15)12-16/h2-10,12H,11,13H2,1H3,(H,22,24). The lowest BCUT2D eigenvalue weighted by molar-refractivity contribution is -0.116. The van der Waals surface area contributed by atoms with E-state index in [0.29, 0.717) is 4.88 Å². The van der Waals surface area contributed by atoms with E-state index in [1.54, 1.807) is 13.1 Å². The summed E-state index contributed by atoms with van der Waals surface area (Å²) in [5.74, 6) is -0.346. The average molecular weight is 362 g/mol. The number of fused-ring (bicyclic) bond motifs is 3. The molecule has 0 fully saturated rings. The van der Waals surface area contributed by atoms with Gasteiger partial charge in [-0.15, -0.1) is 11.3 Å². The van der Waals surface area contributed by atoms with E-state index in [0.717, 1.165) is 12.1 Å². The molecule has 0 atom stereocenters. The number of amides is 2. The van der Waals surface area contributed by atoms with Crippen molar-refractivity contribution in [3.05, 3.63) is 76.0 Å². The van der Waals surface area contributed by atoms with Crippen molar-refractivity contribution in [2.75, 3.05) is 18.9 Å². The molecular weight excluding hydrogens is 344 g/mol. The Morgan fingerprint density at radius 2 is 1.85 bits per heavy atom. The second kappa shape index (κ2) is 6.77. The van der Waals surface area contributed by atoms with Crippen molar-refractivity contribution in [3.63, 3.8) is 0 Å². The first kappa shape index (κ1) is 16.5. The molecule has 5 heteroatoms. The Bertz CT molecular complexity index is 979. The maximum atomic E-state index is 12.3. The minimum absolute atomic E-state index is 0.0183. The molecule has 1 aliphatic rings. The number of thiophene rings is 1. The predicted octanol–water partition coefficient (Wildman–Crippen LogP) is 4.03. The maximum Gasteiger partial charge on any atom is 0.264 e. The van der Waals surface area contributed by atoms with E-state index in [9.17, 15) is 9.59 Å². The fraction of sp³-hybridized carbons (Fsp3) is 0.143. The Kier molecular flexibility index (Phi) is 4.31. The van der Waals surface area contributed by atoms with Crippen LogP contribution in [0, 0.1) is 0 Å². The van der Waals surface area contributed by atoms with Gasteiger partial charge >= 0.3 is 0 Å². The number of hydrogen-bond donors (Lipinski definition) is 1. The van der Waals surface area contributed by atoms with Crippen LogP contribution in [0.5, 0.6) is 0 Å². The summed E-state index contributed by atoms with van der Waals surface area (Å²) in [6, 6.07) is 17.9. The molecule has 0 spiro atoms. The molecule has 0 bridgehead atoms. The van der Waals surface area contributed by atoms with Crippen molar-refractivity contribution in [2.24, 2.45) is 0 Å². The van der Waals surface area contributed by atoms with Gasteiger partial charge in [0, 0.05) is 12.7 Å². The van der Waals surface area contributed by atoms with Gasteiger partial charge in [-0.2, -0.15) is 0 Å². The SMILES string of the molecule is CN(CC(=O)Nc1ccc2c(c1)-c1ccccc1C2)C(=O)c1cccs1. The molecule has 3 aromatic rings. The highest BCUT2D eigenvalue weighted by Gasteiger charge is 2.19. The number of carbonyl (C=O) groups excluding carboxylic acids is 2. The van der Waals surface area contributed by atoms with E-state index in [-0.39, 0.29) is 18.4 Å². The second-order valence-corrected chi connectivity index (χ2v) is 7.34.